The summed E-state index contributed by atoms with van der Waals surface area (Å²) in [5.74, 6) is -1.17. The van der Waals surface area contributed by atoms with Gasteiger partial charge < -0.3 is 20.1 Å². The van der Waals surface area contributed by atoms with E-state index in [2.05, 4.69) is 4.98 Å². The Morgan fingerprint density at radius 3 is 2.58 bits per heavy atom. The summed E-state index contributed by atoms with van der Waals surface area (Å²) in [6.45, 7) is 1.62. The topological polar surface area (TPSA) is 146 Å². The molecular formula is C22H26ClF3N2O7S. The quantitative estimate of drug-likeness (QED) is 0.300. The van der Waals surface area contributed by atoms with E-state index in [0.29, 0.717) is 25.1 Å². The van der Waals surface area contributed by atoms with Crippen LogP contribution in [0.2, 0.25) is 5.02 Å². The van der Waals surface area contributed by atoms with Crippen molar-refractivity contribution in [2.75, 3.05) is 19.0 Å². The van der Waals surface area contributed by atoms with Crippen LogP contribution in [0.1, 0.15) is 37.3 Å². The van der Waals surface area contributed by atoms with Crippen molar-refractivity contribution < 1.29 is 46.4 Å². The second-order valence-corrected chi connectivity index (χ2v) is 9.46. The first kappa shape index (κ1) is 31.2. The monoisotopic (exact) mass is 554 g/mol. The van der Waals surface area contributed by atoms with E-state index >= 15 is 0 Å². The second-order valence-electron chi connectivity index (χ2n) is 7.21. The number of ether oxygens (including phenoxy) is 2. The Morgan fingerprint density at radius 1 is 1.25 bits per heavy atom. The van der Waals surface area contributed by atoms with Crippen LogP contribution in [-0.4, -0.2) is 48.9 Å². The molecule has 36 heavy (non-hydrogen) atoms. The Hall–Kier alpha value is -2.87. The van der Waals surface area contributed by atoms with E-state index in [9.17, 15) is 26.4 Å². The number of alkyl halides is 3. The number of aliphatic hydroxyl groups excluding tert-OH is 1. The van der Waals surface area contributed by atoms with Gasteiger partial charge in [0.25, 0.3) is 5.91 Å². The third kappa shape index (κ3) is 10.0. The fourth-order valence-electron chi connectivity index (χ4n) is 2.70. The minimum atomic E-state index is -4.65. The number of carbonyl (C=O) groups is 1. The van der Waals surface area contributed by atoms with Crippen LogP contribution in [0.4, 0.5) is 13.2 Å². The average Bonchev–Trinajstić information content (AvgIpc) is 2.77. The highest BCUT2D eigenvalue weighted by Crippen LogP contribution is 2.36. The third-order valence-corrected chi connectivity index (χ3v) is 5.98. The van der Waals surface area contributed by atoms with Gasteiger partial charge >= 0.3 is 6.18 Å². The lowest BCUT2D eigenvalue weighted by atomic mass is 10.1. The summed E-state index contributed by atoms with van der Waals surface area (Å²) < 4.78 is 75.4. The van der Waals surface area contributed by atoms with Crippen molar-refractivity contribution in [1.29, 1.82) is 0 Å². The van der Waals surface area contributed by atoms with E-state index < -0.39 is 32.7 Å². The van der Waals surface area contributed by atoms with Gasteiger partial charge in [-0.15, -0.1) is 0 Å². The summed E-state index contributed by atoms with van der Waals surface area (Å²) in [6.07, 6.45) is 0.0660. The van der Waals surface area contributed by atoms with Crippen molar-refractivity contribution in [3.05, 3.63) is 52.7 Å². The molecule has 9 nitrogen and oxygen atoms in total. The van der Waals surface area contributed by atoms with Crippen LogP contribution in [0, 0.1) is 0 Å². The van der Waals surface area contributed by atoms with Crippen LogP contribution in [0.3, 0.4) is 0 Å². The molecule has 0 unspecified atom stereocenters. The molecule has 0 radical (unpaired) electrons. The van der Waals surface area contributed by atoms with Gasteiger partial charge in [-0.25, -0.2) is 18.1 Å². The van der Waals surface area contributed by atoms with Crippen molar-refractivity contribution in [2.45, 2.75) is 32.4 Å². The normalized spacial score (nSPS) is 11.7. The first-order valence-corrected chi connectivity index (χ1v) is 12.5. The van der Waals surface area contributed by atoms with Crippen molar-refractivity contribution in [3.8, 4) is 17.4 Å². The van der Waals surface area contributed by atoms with Gasteiger partial charge in [0, 0.05) is 23.9 Å². The smallest absolute Gasteiger partial charge is 0.417 e. The molecule has 0 aliphatic carbocycles. The van der Waals surface area contributed by atoms with E-state index in [0.717, 1.165) is 12.5 Å². The molecule has 200 valence electrons. The van der Waals surface area contributed by atoms with Gasteiger partial charge in [0.05, 0.1) is 17.9 Å². The maximum Gasteiger partial charge on any atom is 0.417 e. The van der Waals surface area contributed by atoms with Gasteiger partial charge in [0.1, 0.15) is 23.1 Å². The number of carbonyl (C=O) groups excluding carboxylic acids is 1. The molecule has 1 aromatic carbocycles. The lowest BCUT2D eigenvalue weighted by molar-refractivity contribution is -0.137. The number of pyridine rings is 1. The number of benzene rings is 1. The van der Waals surface area contributed by atoms with Gasteiger partial charge in [0.15, 0.2) is 0 Å². The molecule has 0 bridgehead atoms. The van der Waals surface area contributed by atoms with Gasteiger partial charge in [-0.05, 0) is 30.7 Å². The Morgan fingerprint density at radius 2 is 1.97 bits per heavy atom. The molecule has 1 amide bonds. The molecule has 0 aliphatic heterocycles. The van der Waals surface area contributed by atoms with Crippen molar-refractivity contribution in [3.63, 3.8) is 0 Å². The molecule has 2 rings (SSSR count). The molecule has 0 atom stereocenters. The van der Waals surface area contributed by atoms with Gasteiger partial charge in [-0.1, -0.05) is 31.4 Å². The van der Waals surface area contributed by atoms with Crippen LogP contribution >= 0.6 is 11.6 Å². The highest BCUT2D eigenvalue weighted by atomic mass is 35.5. The third-order valence-electron chi connectivity index (χ3n) is 4.37. The summed E-state index contributed by atoms with van der Waals surface area (Å²) in [6, 6.07) is 4.95. The number of nitrogens with zero attached hydrogens (tertiary/aromatic N) is 1. The Labute approximate surface area is 211 Å². The van der Waals surface area contributed by atoms with E-state index in [1.807, 2.05) is 11.6 Å². The van der Waals surface area contributed by atoms with Gasteiger partial charge in [0.2, 0.25) is 15.9 Å². The predicted octanol–water partition coefficient (Wildman–Crippen LogP) is 3.74. The lowest BCUT2D eigenvalue weighted by Gasteiger charge is -2.13. The fraction of sp³-hybridized carbons (Fsp3) is 0.364. The molecule has 4 N–H and O–H groups in total. The number of rotatable bonds is 12. The van der Waals surface area contributed by atoms with Crippen LogP contribution in [0.5, 0.6) is 17.4 Å². The number of nitrogens with one attached hydrogen (secondary N) is 1. The molecule has 1 heterocycles. The Balaban J connectivity index is 0.00000648. The summed E-state index contributed by atoms with van der Waals surface area (Å²) in [7, 11) is -3.80. The highest BCUT2D eigenvalue weighted by molar-refractivity contribution is 7.90. The zero-order valence-corrected chi connectivity index (χ0v) is 20.7. The molecule has 0 saturated heterocycles. The zero-order valence-electron chi connectivity index (χ0n) is 19.1. The number of amides is 1. The first-order valence-electron chi connectivity index (χ1n) is 10.5. The van der Waals surface area contributed by atoms with E-state index in [-0.39, 0.29) is 47.4 Å². The molecule has 2 aromatic rings. The number of hydrogen-bond acceptors (Lipinski definition) is 7. The van der Waals surface area contributed by atoms with Crippen molar-refractivity contribution >= 4 is 33.6 Å². The lowest BCUT2D eigenvalue weighted by Crippen LogP contribution is -2.31. The molecule has 1 aromatic heterocycles. The average molecular weight is 555 g/mol. The summed E-state index contributed by atoms with van der Waals surface area (Å²) >= 11 is 5.91. The summed E-state index contributed by atoms with van der Waals surface area (Å²) in [5.41, 5.74) is -0.815. The molecule has 0 saturated carbocycles. The van der Waals surface area contributed by atoms with Gasteiger partial charge in [-0.3, -0.25) is 4.79 Å². The second kappa shape index (κ2) is 14.0. The molecule has 0 spiro atoms. The highest BCUT2D eigenvalue weighted by Gasteiger charge is 2.32. The molecule has 0 fully saturated rings. The number of aromatic nitrogens is 1. The first-order chi connectivity index (χ1) is 16.4. The van der Waals surface area contributed by atoms with E-state index in [4.69, 9.17) is 26.2 Å². The van der Waals surface area contributed by atoms with Crippen LogP contribution in [-0.2, 0) is 21.0 Å². The number of hydrogen-bond donors (Lipinski definition) is 2. The molecule has 0 aliphatic rings. The van der Waals surface area contributed by atoms with Crippen LogP contribution in [0.25, 0.3) is 6.08 Å². The summed E-state index contributed by atoms with van der Waals surface area (Å²) in [5, 5.41) is 8.53. The summed E-state index contributed by atoms with van der Waals surface area (Å²) in [4.78, 5) is 15.7. The Kier molecular flexibility index (Phi) is 12.1. The SMILES string of the molecule is CCCCCS(=O)(=O)NC(=O)/C=C/c1ccc(OCCO)cc1Oc1ncc(C(F)(F)F)cc1Cl.O. The van der Waals surface area contributed by atoms with E-state index in [1.54, 1.807) is 0 Å². The minimum absolute atomic E-state index is 0. The van der Waals surface area contributed by atoms with Crippen molar-refractivity contribution in [1.82, 2.24) is 9.71 Å². The predicted molar refractivity (Wildman–Crippen MR) is 127 cm³/mol. The number of halogens is 4. The van der Waals surface area contributed by atoms with Gasteiger partial charge in [-0.2, -0.15) is 13.2 Å². The maximum atomic E-state index is 12.9. The Bertz CT molecular complexity index is 1160. The molecular weight excluding hydrogens is 529 g/mol. The number of aliphatic hydroxyl groups is 1. The largest absolute Gasteiger partial charge is 0.491 e. The van der Waals surface area contributed by atoms with Crippen LogP contribution < -0.4 is 14.2 Å². The van der Waals surface area contributed by atoms with Crippen LogP contribution in [0.15, 0.2) is 36.5 Å². The molecule has 14 heteroatoms. The van der Waals surface area contributed by atoms with E-state index in [1.165, 1.54) is 24.3 Å². The number of unbranched alkanes of at least 4 members (excludes halogenated alkanes) is 2. The van der Waals surface area contributed by atoms with Crippen molar-refractivity contribution in [2.24, 2.45) is 0 Å². The fourth-order valence-corrected chi connectivity index (χ4v) is 3.97. The minimum Gasteiger partial charge on any atom is -0.491 e. The maximum absolute atomic E-state index is 12.9. The standard InChI is InChI=1S/C22H24ClF3N2O6S.H2O/c1-2-3-4-11-35(31,32)28-20(30)8-6-15-5-7-17(33-10-9-29)13-19(15)34-21-18(23)12-16(14-27-21)22(24,25)26;/h5-8,12-14,29H,2-4,9-11H2,1H3,(H,28,30);1H2/b8-6+;. The zero-order chi connectivity index (χ0) is 26.1. The number of sulfonamides is 1.